The van der Waals surface area contributed by atoms with E-state index in [2.05, 4.69) is 55.5 Å². The van der Waals surface area contributed by atoms with Crippen molar-refractivity contribution < 1.29 is 0 Å². The normalized spacial score (nSPS) is 20.4. The van der Waals surface area contributed by atoms with Gasteiger partial charge in [0.2, 0.25) is 0 Å². The minimum atomic E-state index is -1.07. The smallest absolute Gasteiger partial charge is 0.0623 e. The van der Waals surface area contributed by atoms with Crippen molar-refractivity contribution in [2.75, 3.05) is 0 Å². The Balaban J connectivity index is 1.91. The van der Waals surface area contributed by atoms with Crippen LogP contribution in [0.25, 0.3) is 11.1 Å². The lowest BCUT2D eigenvalue weighted by atomic mass is 9.90. The monoisotopic (exact) mass is 278 g/mol. The van der Waals surface area contributed by atoms with Gasteiger partial charge in [-0.2, -0.15) is 0 Å². The van der Waals surface area contributed by atoms with Crippen molar-refractivity contribution >= 4 is 19.2 Å². The second-order valence-electron chi connectivity index (χ2n) is 6.82. The standard InChI is InChI=1S/C19H22Si/c1-19(13-7-2-8-14-19)20-17-11-5-3-9-15(17)16-10-4-6-12-18(16)20/h3-6,9-12,20H,2,7-8,13-14H2,1H3. The third-order valence-electron chi connectivity index (χ3n) is 5.53. The van der Waals surface area contributed by atoms with Crippen LogP contribution in [0.1, 0.15) is 39.0 Å². The largest absolute Gasteiger partial charge is 0.110 e. The Morgan fingerprint density at radius 3 is 1.80 bits per heavy atom. The Kier molecular flexibility index (Phi) is 2.85. The zero-order chi connectivity index (χ0) is 13.6. The molecule has 0 bridgehead atoms. The summed E-state index contributed by atoms with van der Waals surface area (Å²) in [5, 5.41) is 4.00. The van der Waals surface area contributed by atoms with E-state index >= 15 is 0 Å². The van der Waals surface area contributed by atoms with Crippen LogP contribution in [-0.2, 0) is 0 Å². The van der Waals surface area contributed by atoms with Crippen LogP contribution in [0.5, 0.6) is 0 Å². The highest BCUT2D eigenvalue weighted by Gasteiger charge is 2.43. The van der Waals surface area contributed by atoms with Crippen LogP contribution in [0, 0.1) is 0 Å². The highest BCUT2D eigenvalue weighted by Crippen LogP contribution is 2.47. The van der Waals surface area contributed by atoms with Crippen LogP contribution in [0.15, 0.2) is 48.5 Å². The van der Waals surface area contributed by atoms with E-state index in [1.807, 2.05) is 0 Å². The molecule has 2 aromatic carbocycles. The first-order valence-electron chi connectivity index (χ1n) is 7.98. The molecule has 0 unspecified atom stereocenters. The van der Waals surface area contributed by atoms with Crippen molar-refractivity contribution in [3.05, 3.63) is 48.5 Å². The average Bonchev–Trinajstić information content (AvgIpc) is 2.83. The maximum Gasteiger partial charge on any atom is 0.110 e. The molecule has 2 aliphatic rings. The van der Waals surface area contributed by atoms with Crippen molar-refractivity contribution in [2.45, 2.75) is 44.1 Å². The van der Waals surface area contributed by atoms with E-state index in [1.54, 1.807) is 10.4 Å². The fourth-order valence-corrected chi connectivity index (χ4v) is 9.11. The van der Waals surface area contributed by atoms with Crippen molar-refractivity contribution in [1.29, 1.82) is 0 Å². The molecule has 1 heteroatoms. The van der Waals surface area contributed by atoms with Crippen molar-refractivity contribution in [1.82, 2.24) is 0 Å². The predicted molar refractivity (Wildman–Crippen MR) is 89.7 cm³/mol. The Morgan fingerprint density at radius 2 is 1.25 bits per heavy atom. The summed E-state index contributed by atoms with van der Waals surface area (Å²) >= 11 is 0. The van der Waals surface area contributed by atoms with Gasteiger partial charge in [-0.15, -0.1) is 0 Å². The molecule has 20 heavy (non-hydrogen) atoms. The van der Waals surface area contributed by atoms with Gasteiger partial charge in [0.05, 0.1) is 0 Å². The summed E-state index contributed by atoms with van der Waals surface area (Å²) in [6.45, 7) is 2.59. The van der Waals surface area contributed by atoms with Gasteiger partial charge in [0.15, 0.2) is 0 Å². The quantitative estimate of drug-likeness (QED) is 0.697. The van der Waals surface area contributed by atoms with Gasteiger partial charge < -0.3 is 0 Å². The number of hydrogen-bond acceptors (Lipinski definition) is 0. The maximum atomic E-state index is 2.59. The lowest BCUT2D eigenvalue weighted by Gasteiger charge is -2.39. The van der Waals surface area contributed by atoms with Gasteiger partial charge in [-0.1, -0.05) is 74.7 Å². The van der Waals surface area contributed by atoms with E-state index < -0.39 is 8.80 Å². The third kappa shape index (κ3) is 1.72. The lowest BCUT2D eigenvalue weighted by Crippen LogP contribution is -2.48. The van der Waals surface area contributed by atoms with Gasteiger partial charge in [0.25, 0.3) is 0 Å². The fourth-order valence-electron chi connectivity index (χ4n) is 4.55. The molecule has 4 rings (SSSR count). The molecule has 0 atom stereocenters. The lowest BCUT2D eigenvalue weighted by molar-refractivity contribution is 0.398. The van der Waals surface area contributed by atoms with E-state index in [0.29, 0.717) is 5.04 Å². The summed E-state index contributed by atoms with van der Waals surface area (Å²) in [6.07, 6.45) is 7.19. The number of fused-ring (bicyclic) bond motifs is 3. The number of rotatable bonds is 1. The molecule has 1 saturated carbocycles. The molecular formula is C19H22Si. The maximum absolute atomic E-state index is 2.59. The van der Waals surface area contributed by atoms with Crippen LogP contribution >= 0.6 is 0 Å². The summed E-state index contributed by atoms with van der Waals surface area (Å²) in [5.41, 5.74) is 3.07. The third-order valence-corrected chi connectivity index (χ3v) is 9.75. The van der Waals surface area contributed by atoms with E-state index in [4.69, 9.17) is 0 Å². The van der Waals surface area contributed by atoms with Crippen LogP contribution in [0.4, 0.5) is 0 Å². The second kappa shape index (κ2) is 4.59. The van der Waals surface area contributed by atoms with Crippen LogP contribution in [0.2, 0.25) is 5.04 Å². The summed E-state index contributed by atoms with van der Waals surface area (Å²) in [7, 11) is -1.07. The molecule has 0 saturated heterocycles. The molecule has 2 aromatic rings. The highest BCUT2D eigenvalue weighted by atomic mass is 28.3. The van der Waals surface area contributed by atoms with Gasteiger partial charge >= 0.3 is 0 Å². The molecule has 1 aliphatic heterocycles. The molecule has 0 amide bonds. The van der Waals surface area contributed by atoms with Crippen LogP contribution in [0.3, 0.4) is 0 Å². The fraction of sp³-hybridized carbons (Fsp3) is 0.368. The Bertz CT molecular complexity index is 592. The van der Waals surface area contributed by atoms with Gasteiger partial charge in [0.1, 0.15) is 8.80 Å². The molecule has 1 aliphatic carbocycles. The van der Waals surface area contributed by atoms with Gasteiger partial charge in [-0.25, -0.2) is 0 Å². The van der Waals surface area contributed by atoms with Crippen molar-refractivity contribution in [3.8, 4) is 11.1 Å². The molecule has 0 radical (unpaired) electrons. The summed E-state index contributed by atoms with van der Waals surface area (Å²) in [4.78, 5) is 0. The van der Waals surface area contributed by atoms with Gasteiger partial charge in [-0.05, 0) is 39.4 Å². The Morgan fingerprint density at radius 1 is 0.750 bits per heavy atom. The first-order chi connectivity index (χ1) is 9.80. The molecule has 1 fully saturated rings. The molecule has 0 spiro atoms. The SMILES string of the molecule is CC1([SiH]2c3ccccc3-c3ccccc32)CCCCC1. The molecule has 0 aromatic heterocycles. The molecule has 1 heterocycles. The zero-order valence-corrected chi connectivity index (χ0v) is 13.4. The van der Waals surface area contributed by atoms with Gasteiger partial charge in [0, 0.05) is 0 Å². The molecule has 0 nitrogen and oxygen atoms in total. The zero-order valence-electron chi connectivity index (χ0n) is 12.2. The summed E-state index contributed by atoms with van der Waals surface area (Å²) in [5.74, 6) is 0. The number of benzene rings is 2. The predicted octanol–water partition coefficient (Wildman–Crippen LogP) is 3.73. The first-order valence-corrected chi connectivity index (χ1v) is 9.71. The second-order valence-corrected chi connectivity index (χ2v) is 10.3. The summed E-state index contributed by atoms with van der Waals surface area (Å²) in [6, 6.07) is 18.4. The molecular weight excluding hydrogens is 256 g/mol. The van der Waals surface area contributed by atoms with Gasteiger partial charge in [-0.3, -0.25) is 0 Å². The van der Waals surface area contributed by atoms with Crippen molar-refractivity contribution in [3.63, 3.8) is 0 Å². The van der Waals surface area contributed by atoms with E-state index in [1.165, 1.54) is 43.2 Å². The summed E-state index contributed by atoms with van der Waals surface area (Å²) < 4.78 is 0. The van der Waals surface area contributed by atoms with E-state index in [-0.39, 0.29) is 0 Å². The topological polar surface area (TPSA) is 0 Å². The minimum Gasteiger partial charge on any atom is -0.0623 e. The van der Waals surface area contributed by atoms with Crippen LogP contribution in [-0.4, -0.2) is 8.80 Å². The molecule has 102 valence electrons. The molecule has 0 N–H and O–H groups in total. The van der Waals surface area contributed by atoms with Crippen LogP contribution < -0.4 is 10.4 Å². The highest BCUT2D eigenvalue weighted by molar-refractivity contribution is 6.91. The van der Waals surface area contributed by atoms with Crippen molar-refractivity contribution in [2.24, 2.45) is 0 Å². The first kappa shape index (κ1) is 12.4. The minimum absolute atomic E-state index is 0.584. The Hall–Kier alpha value is -1.34. The van der Waals surface area contributed by atoms with E-state index in [9.17, 15) is 0 Å². The number of hydrogen-bond donors (Lipinski definition) is 0. The van der Waals surface area contributed by atoms with E-state index in [0.717, 1.165) is 0 Å². The average molecular weight is 278 g/mol. The Labute approximate surface area is 123 Å².